The first-order chi connectivity index (χ1) is 8.70. The van der Waals surface area contributed by atoms with Crippen LogP contribution in [-0.2, 0) is 16.0 Å². The van der Waals surface area contributed by atoms with Gasteiger partial charge < -0.3 is 9.64 Å². The summed E-state index contributed by atoms with van der Waals surface area (Å²) < 4.78 is 5.24. The Kier molecular flexibility index (Phi) is 4.37. The van der Waals surface area contributed by atoms with Crippen LogP contribution in [0.5, 0.6) is 0 Å². The van der Waals surface area contributed by atoms with Crippen molar-refractivity contribution in [2.45, 2.75) is 38.8 Å². The molecule has 1 aromatic rings. The van der Waals surface area contributed by atoms with Gasteiger partial charge in [-0.3, -0.25) is 4.79 Å². The number of epoxide rings is 1. The molecule has 1 aliphatic heterocycles. The van der Waals surface area contributed by atoms with E-state index in [-0.39, 0.29) is 18.1 Å². The first-order valence-electron chi connectivity index (χ1n) is 6.63. The van der Waals surface area contributed by atoms with Crippen LogP contribution in [0.15, 0.2) is 30.3 Å². The van der Waals surface area contributed by atoms with Gasteiger partial charge in [0.1, 0.15) is 0 Å². The van der Waals surface area contributed by atoms with Crippen LogP contribution in [0.1, 0.15) is 25.8 Å². The van der Waals surface area contributed by atoms with Gasteiger partial charge in [-0.15, -0.1) is 0 Å². The number of ether oxygens (including phenoxy) is 1. The molecule has 1 heterocycles. The number of nitrogens with zero attached hydrogens (tertiary/aromatic N) is 1. The highest BCUT2D eigenvalue weighted by molar-refractivity contribution is 5.73. The molecule has 3 nitrogen and oxygen atoms in total. The average molecular weight is 247 g/mol. The summed E-state index contributed by atoms with van der Waals surface area (Å²) in [6.07, 6.45) is 2.16. The van der Waals surface area contributed by atoms with E-state index in [1.807, 2.05) is 23.1 Å². The molecule has 18 heavy (non-hydrogen) atoms. The van der Waals surface area contributed by atoms with Gasteiger partial charge in [-0.2, -0.15) is 0 Å². The molecule has 0 N–H and O–H groups in total. The van der Waals surface area contributed by atoms with Gasteiger partial charge in [0.05, 0.1) is 12.7 Å². The third-order valence-electron chi connectivity index (χ3n) is 3.43. The molecular weight excluding hydrogens is 226 g/mol. The molecule has 1 aromatic carbocycles. The first kappa shape index (κ1) is 13.1. The molecule has 1 fully saturated rings. The molecule has 0 radical (unpaired) electrons. The van der Waals surface area contributed by atoms with Gasteiger partial charge in [0.15, 0.2) is 0 Å². The molecule has 0 aromatic heterocycles. The number of carbonyl (C=O) groups excluding carboxylic acids is 1. The summed E-state index contributed by atoms with van der Waals surface area (Å²) in [5.74, 6) is 0.147. The summed E-state index contributed by atoms with van der Waals surface area (Å²) in [5, 5.41) is 0. The van der Waals surface area contributed by atoms with Crippen molar-refractivity contribution in [3.8, 4) is 0 Å². The average Bonchev–Trinajstić information content (AvgIpc) is 3.18. The molecule has 1 aliphatic rings. The molecule has 2 atom stereocenters. The fraction of sp³-hybridized carbons (Fsp3) is 0.533. The van der Waals surface area contributed by atoms with Crippen molar-refractivity contribution in [1.82, 2.24) is 4.90 Å². The predicted octanol–water partition coefficient (Wildman–Crippen LogP) is 2.26. The Labute approximate surface area is 109 Å². The highest BCUT2D eigenvalue weighted by atomic mass is 16.6. The fourth-order valence-corrected chi connectivity index (χ4v) is 2.29. The van der Waals surface area contributed by atoms with E-state index < -0.39 is 0 Å². The maximum Gasteiger partial charge on any atom is 0.219 e. The minimum atomic E-state index is 0.147. The lowest BCUT2D eigenvalue weighted by Crippen LogP contribution is -2.42. The quantitative estimate of drug-likeness (QED) is 0.722. The predicted molar refractivity (Wildman–Crippen MR) is 71.4 cm³/mol. The van der Waals surface area contributed by atoms with Crippen LogP contribution >= 0.6 is 0 Å². The zero-order valence-corrected chi connectivity index (χ0v) is 11.1. The lowest BCUT2D eigenvalue weighted by atomic mass is 10.0. The standard InChI is InChI=1S/C15H21NO2/c1-3-14(9-13-7-5-4-6-8-13)16(12(2)17)10-15-11-18-15/h4-8,14-15H,3,9-11H2,1-2H3/t14-,15?/m1/s1. The van der Waals surface area contributed by atoms with Gasteiger partial charge in [0.25, 0.3) is 0 Å². The lowest BCUT2D eigenvalue weighted by Gasteiger charge is -2.30. The molecule has 2 rings (SSSR count). The Morgan fingerprint density at radius 1 is 1.44 bits per heavy atom. The monoisotopic (exact) mass is 247 g/mol. The number of hydrogen-bond donors (Lipinski definition) is 0. The molecule has 1 saturated heterocycles. The van der Waals surface area contributed by atoms with Gasteiger partial charge in [-0.05, 0) is 18.4 Å². The largest absolute Gasteiger partial charge is 0.371 e. The van der Waals surface area contributed by atoms with Gasteiger partial charge >= 0.3 is 0 Å². The summed E-state index contributed by atoms with van der Waals surface area (Å²) in [4.78, 5) is 13.7. The lowest BCUT2D eigenvalue weighted by molar-refractivity contribution is -0.131. The van der Waals surface area contributed by atoms with Crippen molar-refractivity contribution < 1.29 is 9.53 Å². The van der Waals surface area contributed by atoms with Crippen molar-refractivity contribution in [2.24, 2.45) is 0 Å². The second-order valence-electron chi connectivity index (χ2n) is 4.88. The smallest absolute Gasteiger partial charge is 0.219 e. The number of carbonyl (C=O) groups is 1. The Balaban J connectivity index is 2.02. The van der Waals surface area contributed by atoms with Crippen LogP contribution in [0.2, 0.25) is 0 Å². The zero-order chi connectivity index (χ0) is 13.0. The molecule has 1 amide bonds. The molecule has 98 valence electrons. The summed E-state index contributed by atoms with van der Waals surface area (Å²) in [7, 11) is 0. The van der Waals surface area contributed by atoms with E-state index in [9.17, 15) is 4.79 Å². The maximum absolute atomic E-state index is 11.8. The molecule has 0 saturated carbocycles. The van der Waals surface area contributed by atoms with E-state index >= 15 is 0 Å². The minimum Gasteiger partial charge on any atom is -0.371 e. The maximum atomic E-state index is 11.8. The van der Waals surface area contributed by atoms with Crippen LogP contribution in [0, 0.1) is 0 Å². The zero-order valence-electron chi connectivity index (χ0n) is 11.1. The molecule has 0 bridgehead atoms. The van der Waals surface area contributed by atoms with Gasteiger partial charge in [-0.1, -0.05) is 37.3 Å². The second kappa shape index (κ2) is 6.01. The van der Waals surface area contributed by atoms with Gasteiger partial charge in [-0.25, -0.2) is 0 Å². The van der Waals surface area contributed by atoms with Crippen molar-refractivity contribution >= 4 is 5.91 Å². The Morgan fingerprint density at radius 3 is 2.61 bits per heavy atom. The molecule has 3 heteroatoms. The van der Waals surface area contributed by atoms with Crippen molar-refractivity contribution in [3.63, 3.8) is 0 Å². The topological polar surface area (TPSA) is 32.8 Å². The molecule has 0 spiro atoms. The van der Waals surface area contributed by atoms with Crippen LogP contribution < -0.4 is 0 Å². The van der Waals surface area contributed by atoms with Crippen molar-refractivity contribution in [3.05, 3.63) is 35.9 Å². The first-order valence-corrected chi connectivity index (χ1v) is 6.63. The summed E-state index contributed by atoms with van der Waals surface area (Å²) in [6.45, 7) is 5.32. The van der Waals surface area contributed by atoms with E-state index in [0.29, 0.717) is 0 Å². The number of hydrogen-bond acceptors (Lipinski definition) is 2. The highest BCUT2D eigenvalue weighted by Gasteiger charge is 2.30. The number of rotatable bonds is 6. The Hall–Kier alpha value is -1.35. The third kappa shape index (κ3) is 3.57. The summed E-state index contributed by atoms with van der Waals surface area (Å²) >= 11 is 0. The molecular formula is C15H21NO2. The molecule has 0 aliphatic carbocycles. The summed E-state index contributed by atoms with van der Waals surface area (Å²) in [6, 6.07) is 10.6. The summed E-state index contributed by atoms with van der Waals surface area (Å²) in [5.41, 5.74) is 1.28. The van der Waals surface area contributed by atoms with E-state index in [2.05, 4.69) is 19.1 Å². The minimum absolute atomic E-state index is 0.147. The van der Waals surface area contributed by atoms with Crippen LogP contribution in [0.4, 0.5) is 0 Å². The molecule has 1 unspecified atom stereocenters. The fourth-order valence-electron chi connectivity index (χ4n) is 2.29. The van der Waals surface area contributed by atoms with Gasteiger partial charge in [0, 0.05) is 19.5 Å². The van der Waals surface area contributed by atoms with Crippen molar-refractivity contribution in [2.75, 3.05) is 13.2 Å². The van der Waals surface area contributed by atoms with E-state index in [0.717, 1.165) is 26.0 Å². The normalized spacial score (nSPS) is 19.3. The third-order valence-corrected chi connectivity index (χ3v) is 3.43. The van der Waals surface area contributed by atoms with E-state index in [1.165, 1.54) is 5.56 Å². The van der Waals surface area contributed by atoms with E-state index in [1.54, 1.807) is 6.92 Å². The number of amides is 1. The van der Waals surface area contributed by atoms with E-state index in [4.69, 9.17) is 4.74 Å². The Bertz CT molecular complexity index is 387. The van der Waals surface area contributed by atoms with Crippen LogP contribution in [-0.4, -0.2) is 36.1 Å². The Morgan fingerprint density at radius 2 is 2.11 bits per heavy atom. The second-order valence-corrected chi connectivity index (χ2v) is 4.88. The van der Waals surface area contributed by atoms with Crippen LogP contribution in [0.25, 0.3) is 0 Å². The SMILES string of the molecule is CC[C@H](Cc1ccccc1)N(CC1CO1)C(C)=O. The van der Waals surface area contributed by atoms with Crippen LogP contribution in [0.3, 0.4) is 0 Å². The van der Waals surface area contributed by atoms with Crippen molar-refractivity contribution in [1.29, 1.82) is 0 Å². The van der Waals surface area contributed by atoms with Gasteiger partial charge in [0.2, 0.25) is 5.91 Å². The highest BCUT2D eigenvalue weighted by Crippen LogP contribution is 2.17. The number of benzene rings is 1.